The average Bonchev–Trinajstić information content (AvgIpc) is 3.18. The van der Waals surface area contributed by atoms with Gasteiger partial charge in [-0.3, -0.25) is 10.1 Å². The third kappa shape index (κ3) is 5.06. The van der Waals surface area contributed by atoms with Crippen molar-refractivity contribution in [3.05, 3.63) is 0 Å². The normalized spacial score (nSPS) is 21.5. The molecule has 4 heteroatoms. The van der Waals surface area contributed by atoms with E-state index in [1.54, 1.807) is 0 Å². The Balaban J connectivity index is 2.62. The third-order valence-corrected chi connectivity index (χ3v) is 4.55. The molecule has 0 aliphatic heterocycles. The van der Waals surface area contributed by atoms with E-state index in [0.717, 1.165) is 25.9 Å². The number of hydrogen-bond donors (Lipinski definition) is 2. The summed E-state index contributed by atoms with van der Waals surface area (Å²) in [5.41, 5.74) is -0.802. The van der Waals surface area contributed by atoms with Crippen LogP contribution in [0.5, 0.6) is 0 Å². The lowest BCUT2D eigenvalue weighted by atomic mass is 9.92. The molecule has 1 saturated carbocycles. The van der Waals surface area contributed by atoms with Gasteiger partial charge in [0.15, 0.2) is 0 Å². The average molecular weight is 284 g/mol. The zero-order valence-electron chi connectivity index (χ0n) is 13.8. The van der Waals surface area contributed by atoms with Gasteiger partial charge in [0.2, 0.25) is 0 Å². The van der Waals surface area contributed by atoms with Gasteiger partial charge in [0, 0.05) is 18.6 Å². The molecule has 1 aliphatic carbocycles. The van der Waals surface area contributed by atoms with E-state index in [2.05, 4.69) is 37.9 Å². The van der Waals surface area contributed by atoms with Crippen LogP contribution in [-0.4, -0.2) is 46.7 Å². The molecule has 2 N–H and O–H groups in total. The van der Waals surface area contributed by atoms with Crippen LogP contribution in [0.1, 0.15) is 60.3 Å². The van der Waals surface area contributed by atoms with Gasteiger partial charge in [-0.1, -0.05) is 27.2 Å². The summed E-state index contributed by atoms with van der Waals surface area (Å²) >= 11 is 0. The van der Waals surface area contributed by atoms with E-state index in [0.29, 0.717) is 18.4 Å². The first-order valence-electron chi connectivity index (χ1n) is 8.07. The summed E-state index contributed by atoms with van der Waals surface area (Å²) in [7, 11) is 0. The molecule has 0 bridgehead atoms. The van der Waals surface area contributed by atoms with Crippen molar-refractivity contribution in [1.29, 1.82) is 0 Å². The summed E-state index contributed by atoms with van der Waals surface area (Å²) < 4.78 is 0. The molecule has 0 aromatic heterocycles. The molecule has 3 unspecified atom stereocenters. The van der Waals surface area contributed by atoms with Crippen molar-refractivity contribution in [3.63, 3.8) is 0 Å². The summed E-state index contributed by atoms with van der Waals surface area (Å²) in [6.45, 7) is 12.6. The third-order valence-electron chi connectivity index (χ3n) is 4.55. The Morgan fingerprint density at radius 3 is 2.40 bits per heavy atom. The quantitative estimate of drug-likeness (QED) is 0.647. The molecule has 0 spiro atoms. The molecule has 1 fully saturated rings. The van der Waals surface area contributed by atoms with Gasteiger partial charge < -0.3 is 10.0 Å². The van der Waals surface area contributed by atoms with E-state index in [1.165, 1.54) is 6.42 Å². The molecule has 118 valence electrons. The van der Waals surface area contributed by atoms with Crippen molar-refractivity contribution >= 4 is 5.97 Å². The number of nitrogens with zero attached hydrogens (tertiary/aromatic N) is 1. The number of nitrogens with one attached hydrogen (secondary N) is 1. The van der Waals surface area contributed by atoms with Gasteiger partial charge in [0.25, 0.3) is 0 Å². The fraction of sp³-hybridized carbons (Fsp3) is 0.938. The van der Waals surface area contributed by atoms with E-state index in [-0.39, 0.29) is 6.04 Å². The first kappa shape index (κ1) is 17.4. The first-order valence-corrected chi connectivity index (χ1v) is 8.07. The van der Waals surface area contributed by atoms with Crippen molar-refractivity contribution < 1.29 is 9.90 Å². The van der Waals surface area contributed by atoms with Gasteiger partial charge in [0.1, 0.15) is 5.54 Å². The molecule has 0 heterocycles. The van der Waals surface area contributed by atoms with E-state index < -0.39 is 11.5 Å². The molecule has 1 rings (SSSR count). The Morgan fingerprint density at radius 2 is 2.00 bits per heavy atom. The molecule has 3 atom stereocenters. The molecule has 0 saturated heterocycles. The predicted octanol–water partition coefficient (Wildman–Crippen LogP) is 2.73. The Kier molecular flexibility index (Phi) is 6.46. The van der Waals surface area contributed by atoms with Gasteiger partial charge in [-0.2, -0.15) is 0 Å². The van der Waals surface area contributed by atoms with E-state index in [4.69, 9.17) is 0 Å². The number of carbonyl (C=O) groups is 1. The lowest BCUT2D eigenvalue weighted by Gasteiger charge is -2.36. The Labute approximate surface area is 123 Å². The Bertz CT molecular complexity index is 318. The molecule has 1 aliphatic rings. The van der Waals surface area contributed by atoms with Gasteiger partial charge in [-0.25, -0.2) is 0 Å². The van der Waals surface area contributed by atoms with E-state index in [1.807, 2.05) is 6.92 Å². The zero-order chi connectivity index (χ0) is 15.3. The Hall–Kier alpha value is -0.610. The van der Waals surface area contributed by atoms with Crippen LogP contribution in [0, 0.1) is 5.92 Å². The van der Waals surface area contributed by atoms with Crippen LogP contribution >= 0.6 is 0 Å². The minimum absolute atomic E-state index is 0.279. The predicted molar refractivity (Wildman–Crippen MR) is 83.0 cm³/mol. The largest absolute Gasteiger partial charge is 0.480 e. The maximum absolute atomic E-state index is 11.6. The number of aliphatic carboxylic acids is 1. The molecule has 0 radical (unpaired) electrons. The van der Waals surface area contributed by atoms with Gasteiger partial charge in [0.05, 0.1) is 0 Å². The number of carboxylic acids is 1. The highest BCUT2D eigenvalue weighted by Gasteiger charge is 2.40. The smallest absolute Gasteiger partial charge is 0.323 e. The monoisotopic (exact) mass is 284 g/mol. The number of rotatable bonds is 10. The van der Waals surface area contributed by atoms with Crippen molar-refractivity contribution in [1.82, 2.24) is 10.2 Å². The number of carboxylic acid groups (broad SMARTS) is 1. The van der Waals surface area contributed by atoms with Crippen molar-refractivity contribution in [2.45, 2.75) is 77.9 Å². The second-order valence-corrected chi connectivity index (χ2v) is 6.71. The lowest BCUT2D eigenvalue weighted by Crippen LogP contribution is -2.54. The van der Waals surface area contributed by atoms with Crippen LogP contribution in [0.25, 0.3) is 0 Å². The van der Waals surface area contributed by atoms with Crippen molar-refractivity contribution in [3.8, 4) is 0 Å². The summed E-state index contributed by atoms with van der Waals surface area (Å²) in [5, 5.41) is 12.9. The van der Waals surface area contributed by atoms with Crippen LogP contribution in [0.3, 0.4) is 0 Å². The second kappa shape index (κ2) is 7.41. The minimum Gasteiger partial charge on any atom is -0.480 e. The van der Waals surface area contributed by atoms with Crippen LogP contribution in [-0.2, 0) is 4.79 Å². The first-order chi connectivity index (χ1) is 9.32. The lowest BCUT2D eigenvalue weighted by molar-refractivity contribution is -0.145. The summed E-state index contributed by atoms with van der Waals surface area (Å²) in [6.07, 6.45) is 4.05. The van der Waals surface area contributed by atoms with Crippen LogP contribution in [0.15, 0.2) is 0 Å². The van der Waals surface area contributed by atoms with Crippen LogP contribution in [0.4, 0.5) is 0 Å². The summed E-state index contributed by atoms with van der Waals surface area (Å²) in [4.78, 5) is 14.0. The van der Waals surface area contributed by atoms with Gasteiger partial charge in [-0.05, 0) is 45.6 Å². The highest BCUT2D eigenvalue weighted by Crippen LogP contribution is 2.26. The van der Waals surface area contributed by atoms with Gasteiger partial charge >= 0.3 is 5.97 Å². The minimum atomic E-state index is -0.802. The molecular weight excluding hydrogens is 252 g/mol. The van der Waals surface area contributed by atoms with E-state index >= 15 is 0 Å². The fourth-order valence-electron chi connectivity index (χ4n) is 2.76. The molecule has 4 nitrogen and oxygen atoms in total. The van der Waals surface area contributed by atoms with Crippen LogP contribution < -0.4 is 5.32 Å². The van der Waals surface area contributed by atoms with E-state index in [9.17, 15) is 9.90 Å². The SMILES string of the molecule is CCC(C)CN(CC)C(C)CC(C)(NC1CC1)C(=O)O. The zero-order valence-corrected chi connectivity index (χ0v) is 13.8. The van der Waals surface area contributed by atoms with Crippen LogP contribution in [0.2, 0.25) is 0 Å². The number of hydrogen-bond acceptors (Lipinski definition) is 3. The molecule has 0 amide bonds. The second-order valence-electron chi connectivity index (χ2n) is 6.71. The maximum atomic E-state index is 11.6. The molecule has 0 aromatic carbocycles. The highest BCUT2D eigenvalue weighted by atomic mass is 16.4. The standard InChI is InChI=1S/C16H32N2O2/c1-6-12(3)11-18(7-2)13(4)10-16(5,15(19)20)17-14-8-9-14/h12-14,17H,6-11H2,1-5H3,(H,19,20). The fourth-order valence-corrected chi connectivity index (χ4v) is 2.76. The maximum Gasteiger partial charge on any atom is 0.323 e. The van der Waals surface area contributed by atoms with Gasteiger partial charge in [-0.15, -0.1) is 0 Å². The molecule has 20 heavy (non-hydrogen) atoms. The highest BCUT2D eigenvalue weighted by molar-refractivity contribution is 5.78. The summed E-state index contributed by atoms with van der Waals surface area (Å²) in [5.74, 6) is -0.0688. The molecular formula is C16H32N2O2. The Morgan fingerprint density at radius 1 is 1.40 bits per heavy atom. The van der Waals surface area contributed by atoms with Crippen molar-refractivity contribution in [2.75, 3.05) is 13.1 Å². The summed E-state index contributed by atoms with van der Waals surface area (Å²) in [6, 6.07) is 0.689. The topological polar surface area (TPSA) is 52.6 Å². The molecule has 0 aromatic rings. The van der Waals surface area contributed by atoms with Crippen molar-refractivity contribution in [2.24, 2.45) is 5.92 Å².